The van der Waals surface area contributed by atoms with Gasteiger partial charge in [-0.1, -0.05) is 0 Å². The van der Waals surface area contributed by atoms with Gasteiger partial charge in [-0.2, -0.15) is 0 Å². The third-order valence-corrected chi connectivity index (χ3v) is 3.29. The Bertz CT molecular complexity index is 735. The molecule has 114 valence electrons. The number of amides is 1. The molecule has 3 rings (SSSR count). The van der Waals surface area contributed by atoms with Crippen molar-refractivity contribution in [3.05, 3.63) is 47.4 Å². The summed E-state index contributed by atoms with van der Waals surface area (Å²) in [6.07, 6.45) is -1.23. The maximum absolute atomic E-state index is 13.4. The highest BCUT2D eigenvalue weighted by Gasteiger charge is 2.24. The Morgan fingerprint density at radius 3 is 2.86 bits per heavy atom. The quantitative estimate of drug-likeness (QED) is 0.945. The van der Waals surface area contributed by atoms with Gasteiger partial charge in [-0.05, 0) is 18.2 Å². The van der Waals surface area contributed by atoms with Gasteiger partial charge in [0.15, 0.2) is 0 Å². The van der Waals surface area contributed by atoms with E-state index in [4.69, 9.17) is 4.74 Å². The number of fused-ring (bicyclic) bond motifs is 1. The second-order valence-electron chi connectivity index (χ2n) is 4.71. The first-order valence-electron chi connectivity index (χ1n) is 6.53. The van der Waals surface area contributed by atoms with Crippen molar-refractivity contribution >= 4 is 5.91 Å². The molecule has 2 aromatic rings. The van der Waals surface area contributed by atoms with Crippen molar-refractivity contribution in [2.45, 2.75) is 13.0 Å². The molecule has 0 aliphatic carbocycles. The van der Waals surface area contributed by atoms with Crippen LogP contribution in [0.5, 0.6) is 5.75 Å². The molecule has 1 aliphatic rings. The number of alkyl halides is 2. The van der Waals surface area contributed by atoms with E-state index in [1.54, 1.807) is 6.07 Å². The van der Waals surface area contributed by atoms with Crippen molar-refractivity contribution < 1.29 is 22.7 Å². The zero-order chi connectivity index (χ0) is 15.7. The van der Waals surface area contributed by atoms with Gasteiger partial charge < -0.3 is 10.1 Å². The topological polar surface area (TPSA) is 51.2 Å². The minimum absolute atomic E-state index is 0.0273. The molecule has 1 N–H and O–H groups in total. The number of halogens is 3. The van der Waals surface area contributed by atoms with Crippen molar-refractivity contribution in [3.8, 4) is 17.0 Å². The van der Waals surface area contributed by atoms with Crippen LogP contribution in [0.15, 0.2) is 30.5 Å². The number of aromatic nitrogens is 1. The fourth-order valence-electron chi connectivity index (χ4n) is 2.34. The summed E-state index contributed by atoms with van der Waals surface area (Å²) in [6, 6.07) is 5.20. The van der Waals surface area contributed by atoms with Crippen LogP contribution in [0.25, 0.3) is 11.3 Å². The standard InChI is InChI=1S/C15H11F3N2O2/c16-8-1-2-10(12(5-8)22-7-13(17)18)14-11-6-20-15(21)9(11)3-4-19-14/h1-5,13H,6-7H2,(H,20,21). The predicted octanol–water partition coefficient (Wildman–Crippen LogP) is 2.78. The van der Waals surface area contributed by atoms with E-state index in [9.17, 15) is 18.0 Å². The van der Waals surface area contributed by atoms with Gasteiger partial charge in [-0.3, -0.25) is 9.78 Å². The van der Waals surface area contributed by atoms with Gasteiger partial charge in [-0.15, -0.1) is 0 Å². The Labute approximate surface area is 123 Å². The first-order chi connectivity index (χ1) is 10.6. The molecule has 0 radical (unpaired) electrons. The number of pyridine rings is 1. The number of nitrogens with zero attached hydrogens (tertiary/aromatic N) is 1. The monoisotopic (exact) mass is 308 g/mol. The molecule has 0 atom stereocenters. The van der Waals surface area contributed by atoms with Gasteiger partial charge in [0, 0.05) is 35.5 Å². The summed E-state index contributed by atoms with van der Waals surface area (Å²) in [6.45, 7) is -0.564. The lowest BCUT2D eigenvalue weighted by molar-refractivity contribution is 0.0820. The van der Waals surface area contributed by atoms with Crippen molar-refractivity contribution in [2.24, 2.45) is 0 Å². The fraction of sp³-hybridized carbons (Fsp3) is 0.200. The molecule has 1 amide bonds. The van der Waals surface area contributed by atoms with E-state index < -0.39 is 18.8 Å². The zero-order valence-corrected chi connectivity index (χ0v) is 11.3. The van der Waals surface area contributed by atoms with Gasteiger partial charge in [0.2, 0.25) is 0 Å². The summed E-state index contributed by atoms with van der Waals surface area (Å²) in [5.74, 6) is -0.855. The lowest BCUT2D eigenvalue weighted by atomic mass is 10.0. The van der Waals surface area contributed by atoms with E-state index in [1.807, 2.05) is 0 Å². The van der Waals surface area contributed by atoms with Crippen LogP contribution >= 0.6 is 0 Å². The molecule has 1 aromatic carbocycles. The van der Waals surface area contributed by atoms with Crippen molar-refractivity contribution in [1.29, 1.82) is 0 Å². The average molecular weight is 308 g/mol. The lowest BCUT2D eigenvalue weighted by Crippen LogP contribution is -2.12. The third-order valence-electron chi connectivity index (χ3n) is 3.29. The molecular weight excluding hydrogens is 297 g/mol. The Balaban J connectivity index is 2.07. The molecule has 7 heteroatoms. The van der Waals surface area contributed by atoms with Crippen LogP contribution in [-0.4, -0.2) is 23.9 Å². The molecule has 1 aromatic heterocycles. The number of nitrogens with one attached hydrogen (secondary N) is 1. The Kier molecular flexibility index (Phi) is 3.70. The van der Waals surface area contributed by atoms with E-state index in [2.05, 4.69) is 10.3 Å². The first-order valence-corrected chi connectivity index (χ1v) is 6.53. The number of carbonyl (C=O) groups is 1. The summed E-state index contributed by atoms with van der Waals surface area (Å²) in [4.78, 5) is 15.9. The van der Waals surface area contributed by atoms with Crippen molar-refractivity contribution in [3.63, 3.8) is 0 Å². The van der Waals surface area contributed by atoms with E-state index in [-0.39, 0.29) is 18.2 Å². The zero-order valence-electron chi connectivity index (χ0n) is 11.3. The summed E-state index contributed by atoms with van der Waals surface area (Å²) in [5.41, 5.74) is 1.89. The largest absolute Gasteiger partial charge is 0.487 e. The SMILES string of the molecule is O=C1NCc2c1ccnc2-c1ccc(F)cc1OCC(F)F. The normalized spacial score (nSPS) is 13.2. The van der Waals surface area contributed by atoms with Gasteiger partial charge in [0.1, 0.15) is 18.2 Å². The van der Waals surface area contributed by atoms with E-state index in [0.29, 0.717) is 22.4 Å². The summed E-state index contributed by atoms with van der Waals surface area (Å²) in [5, 5.41) is 2.66. The fourth-order valence-corrected chi connectivity index (χ4v) is 2.34. The molecule has 4 nitrogen and oxygen atoms in total. The van der Waals surface area contributed by atoms with Crippen LogP contribution in [0.3, 0.4) is 0 Å². The number of ether oxygens (including phenoxy) is 1. The maximum Gasteiger partial charge on any atom is 0.272 e. The Morgan fingerprint density at radius 1 is 1.27 bits per heavy atom. The van der Waals surface area contributed by atoms with Crippen LogP contribution in [0.4, 0.5) is 13.2 Å². The molecule has 0 unspecified atom stereocenters. The summed E-state index contributed by atoms with van der Waals surface area (Å²) in [7, 11) is 0. The highest BCUT2D eigenvalue weighted by atomic mass is 19.3. The number of carbonyl (C=O) groups excluding carboxylic acids is 1. The van der Waals surface area contributed by atoms with Crippen molar-refractivity contribution in [1.82, 2.24) is 10.3 Å². The molecule has 0 fully saturated rings. The molecule has 1 aliphatic heterocycles. The van der Waals surface area contributed by atoms with Crippen LogP contribution in [-0.2, 0) is 6.54 Å². The average Bonchev–Trinajstić information content (AvgIpc) is 2.87. The molecule has 0 saturated heterocycles. The van der Waals surface area contributed by atoms with Crippen LogP contribution < -0.4 is 10.1 Å². The van der Waals surface area contributed by atoms with Crippen LogP contribution in [0, 0.1) is 5.82 Å². The van der Waals surface area contributed by atoms with Crippen LogP contribution in [0.1, 0.15) is 15.9 Å². The summed E-state index contributed by atoms with van der Waals surface area (Å²) < 4.78 is 43.0. The van der Waals surface area contributed by atoms with Gasteiger partial charge in [0.05, 0.1) is 5.69 Å². The number of rotatable bonds is 4. The number of hydrogen-bond donors (Lipinski definition) is 1. The molecular formula is C15H11F3N2O2. The maximum atomic E-state index is 13.4. The molecule has 2 heterocycles. The van der Waals surface area contributed by atoms with Gasteiger partial charge >= 0.3 is 0 Å². The molecule has 0 saturated carbocycles. The van der Waals surface area contributed by atoms with E-state index in [0.717, 1.165) is 6.07 Å². The van der Waals surface area contributed by atoms with Crippen molar-refractivity contribution in [2.75, 3.05) is 6.61 Å². The minimum Gasteiger partial charge on any atom is -0.487 e. The van der Waals surface area contributed by atoms with Crippen LogP contribution in [0.2, 0.25) is 0 Å². The number of benzene rings is 1. The Morgan fingerprint density at radius 2 is 2.09 bits per heavy atom. The Hall–Kier alpha value is -2.57. The van der Waals surface area contributed by atoms with E-state index in [1.165, 1.54) is 18.3 Å². The smallest absolute Gasteiger partial charge is 0.272 e. The third kappa shape index (κ3) is 2.61. The van der Waals surface area contributed by atoms with Gasteiger partial charge in [-0.25, -0.2) is 13.2 Å². The second kappa shape index (κ2) is 5.67. The lowest BCUT2D eigenvalue weighted by Gasteiger charge is -2.13. The minimum atomic E-state index is -2.67. The van der Waals surface area contributed by atoms with Gasteiger partial charge in [0.25, 0.3) is 12.3 Å². The second-order valence-corrected chi connectivity index (χ2v) is 4.71. The molecule has 0 bridgehead atoms. The molecule has 22 heavy (non-hydrogen) atoms. The molecule has 0 spiro atoms. The highest BCUT2D eigenvalue weighted by Crippen LogP contribution is 2.34. The summed E-state index contributed by atoms with van der Waals surface area (Å²) >= 11 is 0. The highest BCUT2D eigenvalue weighted by molar-refractivity contribution is 6.00. The predicted molar refractivity (Wildman–Crippen MR) is 72.3 cm³/mol. The number of hydrogen-bond acceptors (Lipinski definition) is 3. The van der Waals surface area contributed by atoms with E-state index >= 15 is 0 Å². The first kappa shape index (κ1) is 14.4.